The normalized spacial score (nSPS) is 10.8. The predicted molar refractivity (Wildman–Crippen MR) is 61.8 cm³/mol. The van der Waals surface area contributed by atoms with Gasteiger partial charge < -0.3 is 20.1 Å². The zero-order valence-electron chi connectivity index (χ0n) is 9.44. The van der Waals surface area contributed by atoms with Crippen LogP contribution in [0.1, 0.15) is 0 Å². The summed E-state index contributed by atoms with van der Waals surface area (Å²) in [6.45, 7) is 3.17. The maximum atomic E-state index is 12.1. The van der Waals surface area contributed by atoms with Crippen molar-refractivity contribution in [2.45, 2.75) is 6.36 Å². The molecular weight excluding hydrogens is 266 g/mol. The molecule has 0 saturated carbocycles. The molecule has 0 unspecified atom stereocenters. The molecule has 0 aliphatic heterocycles. The molecule has 0 atom stereocenters. The molecule has 0 bridgehead atoms. The molecule has 0 radical (unpaired) electrons. The van der Waals surface area contributed by atoms with Gasteiger partial charge in [0.15, 0.2) is 0 Å². The molecule has 0 spiro atoms. The first-order valence-electron chi connectivity index (χ1n) is 4.91. The Hall–Kier alpha value is -2.00. The van der Waals surface area contributed by atoms with E-state index in [9.17, 15) is 18.0 Å². The number of rotatable bonds is 4. The van der Waals surface area contributed by atoms with Gasteiger partial charge in [0.25, 0.3) is 0 Å². The van der Waals surface area contributed by atoms with Crippen molar-refractivity contribution in [3.05, 3.63) is 30.9 Å². The van der Waals surface area contributed by atoms with Crippen LogP contribution in [0.5, 0.6) is 5.75 Å². The molecule has 0 saturated heterocycles. The van der Waals surface area contributed by atoms with E-state index in [1.165, 1.54) is 0 Å². The van der Waals surface area contributed by atoms with Crippen LogP contribution in [0.25, 0.3) is 0 Å². The highest BCUT2D eigenvalue weighted by atomic mass is 19.4. The summed E-state index contributed by atoms with van der Waals surface area (Å²) in [5.41, 5.74) is -0.351. The second kappa shape index (κ2) is 5.76. The number of hydrogen-bond donors (Lipinski definition) is 3. The van der Waals surface area contributed by atoms with Crippen LogP contribution >= 0.6 is 0 Å². The monoisotopic (exact) mass is 275 g/mol. The lowest BCUT2D eigenvalue weighted by Gasteiger charge is -2.12. The Labute approximate surface area is 106 Å². The molecule has 5 nitrogen and oxygen atoms in total. The first-order valence-corrected chi connectivity index (χ1v) is 4.91. The molecular formula is C10H9BF3NO4. The summed E-state index contributed by atoms with van der Waals surface area (Å²) in [4.78, 5) is 11.0. The van der Waals surface area contributed by atoms with Crippen molar-refractivity contribution in [2.24, 2.45) is 0 Å². The second-order valence-corrected chi connectivity index (χ2v) is 3.41. The fourth-order valence-corrected chi connectivity index (χ4v) is 1.23. The summed E-state index contributed by atoms with van der Waals surface area (Å²) in [5.74, 6) is -1.35. The summed E-state index contributed by atoms with van der Waals surface area (Å²) >= 11 is 0. The Balaban J connectivity index is 3.10. The van der Waals surface area contributed by atoms with E-state index in [2.05, 4.69) is 16.6 Å². The standard InChI is InChI=1S/C10H9BF3NO4/c1-2-9(16)15-7-3-6(11(17)18)4-8(5-7)19-10(12,13)14/h2-5,17-18H,1H2,(H,15,16). The number of anilines is 1. The fraction of sp³-hybridized carbons (Fsp3) is 0.100. The van der Waals surface area contributed by atoms with Gasteiger partial charge in [-0.25, -0.2) is 0 Å². The summed E-state index contributed by atoms with van der Waals surface area (Å²) in [5, 5.41) is 20.1. The average Bonchev–Trinajstić information content (AvgIpc) is 2.25. The van der Waals surface area contributed by atoms with Crippen molar-refractivity contribution in [2.75, 3.05) is 5.32 Å². The number of carbonyl (C=O) groups excluding carboxylic acids is 1. The Morgan fingerprint density at radius 3 is 2.47 bits per heavy atom. The smallest absolute Gasteiger partial charge is 0.423 e. The molecule has 9 heteroatoms. The maximum Gasteiger partial charge on any atom is 0.573 e. The number of benzene rings is 1. The lowest BCUT2D eigenvalue weighted by atomic mass is 9.80. The third-order valence-corrected chi connectivity index (χ3v) is 1.91. The number of hydrogen-bond acceptors (Lipinski definition) is 4. The van der Waals surface area contributed by atoms with E-state index in [1.807, 2.05) is 0 Å². The van der Waals surface area contributed by atoms with E-state index in [4.69, 9.17) is 10.0 Å². The lowest BCUT2D eigenvalue weighted by molar-refractivity contribution is -0.274. The fourth-order valence-electron chi connectivity index (χ4n) is 1.23. The molecule has 1 aromatic rings. The first-order chi connectivity index (χ1) is 8.71. The van der Waals surface area contributed by atoms with Gasteiger partial charge in [0.05, 0.1) is 0 Å². The second-order valence-electron chi connectivity index (χ2n) is 3.41. The molecule has 0 heterocycles. The Morgan fingerprint density at radius 1 is 1.37 bits per heavy atom. The van der Waals surface area contributed by atoms with Gasteiger partial charge in [-0.15, -0.1) is 13.2 Å². The van der Waals surface area contributed by atoms with Crippen molar-refractivity contribution < 1.29 is 32.8 Å². The van der Waals surface area contributed by atoms with Gasteiger partial charge in [-0.3, -0.25) is 4.79 Å². The minimum Gasteiger partial charge on any atom is -0.423 e. The van der Waals surface area contributed by atoms with E-state index < -0.39 is 25.1 Å². The maximum absolute atomic E-state index is 12.1. The zero-order chi connectivity index (χ0) is 14.6. The summed E-state index contributed by atoms with van der Waals surface area (Å²) in [6.07, 6.45) is -4.02. The summed E-state index contributed by atoms with van der Waals surface area (Å²) < 4.78 is 39.9. The van der Waals surface area contributed by atoms with Gasteiger partial charge >= 0.3 is 13.5 Å². The highest BCUT2D eigenvalue weighted by molar-refractivity contribution is 6.58. The van der Waals surface area contributed by atoms with E-state index in [-0.39, 0.29) is 11.2 Å². The Kier molecular flexibility index (Phi) is 4.57. The van der Waals surface area contributed by atoms with Crippen molar-refractivity contribution in [3.8, 4) is 5.75 Å². The molecule has 3 N–H and O–H groups in total. The highest BCUT2D eigenvalue weighted by Gasteiger charge is 2.31. The number of ether oxygens (including phenoxy) is 1. The van der Waals surface area contributed by atoms with Gasteiger partial charge in [-0.1, -0.05) is 6.58 Å². The van der Waals surface area contributed by atoms with Gasteiger partial charge in [-0.05, 0) is 23.7 Å². The zero-order valence-corrected chi connectivity index (χ0v) is 9.44. The van der Waals surface area contributed by atoms with Gasteiger partial charge in [0.2, 0.25) is 5.91 Å². The van der Waals surface area contributed by atoms with Crippen LogP contribution in [-0.4, -0.2) is 29.4 Å². The van der Waals surface area contributed by atoms with Gasteiger partial charge in [0.1, 0.15) is 5.75 Å². The third-order valence-electron chi connectivity index (χ3n) is 1.91. The molecule has 0 aromatic heterocycles. The number of halogens is 3. The van der Waals surface area contributed by atoms with E-state index >= 15 is 0 Å². The van der Waals surface area contributed by atoms with Crippen LogP contribution in [0.4, 0.5) is 18.9 Å². The molecule has 102 valence electrons. The molecule has 1 amide bonds. The van der Waals surface area contributed by atoms with Gasteiger partial charge in [-0.2, -0.15) is 0 Å². The molecule has 0 aliphatic rings. The molecule has 0 fully saturated rings. The minimum absolute atomic E-state index is 0.0882. The van der Waals surface area contributed by atoms with Crippen LogP contribution in [0, 0.1) is 0 Å². The lowest BCUT2D eigenvalue weighted by Crippen LogP contribution is -2.31. The van der Waals surface area contributed by atoms with Crippen LogP contribution < -0.4 is 15.5 Å². The largest absolute Gasteiger partial charge is 0.573 e. The van der Waals surface area contributed by atoms with Crippen LogP contribution in [0.2, 0.25) is 0 Å². The number of alkyl halides is 3. The van der Waals surface area contributed by atoms with Crippen LogP contribution in [0.15, 0.2) is 30.9 Å². The van der Waals surface area contributed by atoms with E-state index in [0.29, 0.717) is 0 Å². The number of carbonyl (C=O) groups is 1. The van der Waals surface area contributed by atoms with E-state index in [0.717, 1.165) is 24.3 Å². The number of nitrogens with one attached hydrogen (secondary N) is 1. The molecule has 1 aromatic carbocycles. The minimum atomic E-state index is -4.93. The van der Waals surface area contributed by atoms with Gasteiger partial charge in [0, 0.05) is 11.8 Å². The first kappa shape index (κ1) is 15.1. The quantitative estimate of drug-likeness (QED) is 0.548. The Bertz CT molecular complexity index is 490. The summed E-state index contributed by atoms with van der Waals surface area (Å²) in [6, 6.07) is 2.78. The van der Waals surface area contributed by atoms with Crippen molar-refractivity contribution >= 4 is 24.2 Å². The SMILES string of the molecule is C=CC(=O)Nc1cc(OC(F)(F)F)cc(B(O)O)c1. The van der Waals surface area contributed by atoms with Crippen LogP contribution in [0.3, 0.4) is 0 Å². The third kappa shape index (κ3) is 5.02. The predicted octanol–water partition coefficient (Wildman–Crippen LogP) is 0.390. The summed E-state index contributed by atoms with van der Waals surface area (Å²) in [7, 11) is -2.00. The molecule has 1 rings (SSSR count). The number of amides is 1. The average molecular weight is 275 g/mol. The van der Waals surface area contributed by atoms with Crippen molar-refractivity contribution in [1.29, 1.82) is 0 Å². The van der Waals surface area contributed by atoms with Crippen LogP contribution in [-0.2, 0) is 4.79 Å². The van der Waals surface area contributed by atoms with E-state index in [1.54, 1.807) is 0 Å². The highest BCUT2D eigenvalue weighted by Crippen LogP contribution is 2.24. The Morgan fingerprint density at radius 2 is 2.00 bits per heavy atom. The molecule has 19 heavy (non-hydrogen) atoms. The molecule has 0 aliphatic carbocycles. The van der Waals surface area contributed by atoms with Crippen molar-refractivity contribution in [3.63, 3.8) is 0 Å². The topological polar surface area (TPSA) is 78.8 Å². The van der Waals surface area contributed by atoms with Crippen molar-refractivity contribution in [1.82, 2.24) is 0 Å².